The van der Waals surface area contributed by atoms with Gasteiger partial charge < -0.3 is 10.1 Å². The zero-order valence-corrected chi connectivity index (χ0v) is 9.26. The van der Waals surface area contributed by atoms with Crippen LogP contribution in [0.1, 0.15) is 20.8 Å². The van der Waals surface area contributed by atoms with Gasteiger partial charge in [0.2, 0.25) is 0 Å². The van der Waals surface area contributed by atoms with E-state index >= 15 is 0 Å². The van der Waals surface area contributed by atoms with Crippen LogP contribution in [0.25, 0.3) is 0 Å². The third-order valence-electron chi connectivity index (χ3n) is 2.80. The summed E-state index contributed by atoms with van der Waals surface area (Å²) < 4.78 is 5.19. The van der Waals surface area contributed by atoms with Crippen LogP contribution in [0.4, 0.5) is 0 Å². The average Bonchev–Trinajstić information content (AvgIpc) is 2.03. The van der Waals surface area contributed by atoms with E-state index in [2.05, 4.69) is 31.0 Å². The number of hydrogen-bond donors (Lipinski definition) is 1. The molecule has 1 heterocycles. The lowest BCUT2D eigenvalue weighted by Gasteiger charge is -2.46. The number of piperazine rings is 1. The van der Waals surface area contributed by atoms with Crippen LogP contribution in [0, 0.1) is 0 Å². The molecular weight excluding hydrogens is 164 g/mol. The summed E-state index contributed by atoms with van der Waals surface area (Å²) in [5, 5.41) is 3.42. The van der Waals surface area contributed by atoms with Crippen LogP contribution in [0.15, 0.2) is 0 Å². The van der Waals surface area contributed by atoms with Crippen LogP contribution in [0.2, 0.25) is 0 Å². The van der Waals surface area contributed by atoms with Crippen molar-refractivity contribution in [3.63, 3.8) is 0 Å². The molecule has 1 atom stereocenters. The SMILES string of the molecule is COCC(C)N1CCNCC1(C)C. The number of nitrogens with zero attached hydrogens (tertiary/aromatic N) is 1. The third-order valence-corrected chi connectivity index (χ3v) is 2.80. The van der Waals surface area contributed by atoms with Gasteiger partial charge in [-0.05, 0) is 20.8 Å². The molecule has 1 saturated heterocycles. The number of ether oxygens (including phenoxy) is 1. The molecular formula is C10H22N2O. The zero-order valence-electron chi connectivity index (χ0n) is 9.26. The van der Waals surface area contributed by atoms with Crippen LogP contribution in [0.5, 0.6) is 0 Å². The van der Waals surface area contributed by atoms with Gasteiger partial charge in [-0.1, -0.05) is 0 Å². The molecule has 1 fully saturated rings. The topological polar surface area (TPSA) is 24.5 Å². The Morgan fingerprint density at radius 1 is 1.54 bits per heavy atom. The van der Waals surface area contributed by atoms with Gasteiger partial charge in [0.15, 0.2) is 0 Å². The van der Waals surface area contributed by atoms with E-state index in [1.165, 1.54) is 0 Å². The van der Waals surface area contributed by atoms with E-state index in [0.29, 0.717) is 6.04 Å². The lowest BCUT2D eigenvalue weighted by molar-refractivity contribution is 0.0148. The number of methoxy groups -OCH3 is 1. The Hall–Kier alpha value is -0.120. The van der Waals surface area contributed by atoms with Crippen molar-refractivity contribution in [2.24, 2.45) is 0 Å². The van der Waals surface area contributed by atoms with Crippen molar-refractivity contribution >= 4 is 0 Å². The molecule has 1 aliphatic heterocycles. The summed E-state index contributed by atoms with van der Waals surface area (Å²) in [6, 6.07) is 0.516. The Morgan fingerprint density at radius 2 is 2.23 bits per heavy atom. The second kappa shape index (κ2) is 4.40. The molecule has 1 unspecified atom stereocenters. The Kier molecular flexibility index (Phi) is 3.71. The van der Waals surface area contributed by atoms with Gasteiger partial charge in [0.05, 0.1) is 6.61 Å². The zero-order chi connectivity index (χ0) is 9.90. The Morgan fingerprint density at radius 3 is 2.77 bits per heavy atom. The fourth-order valence-electron chi connectivity index (χ4n) is 2.15. The van der Waals surface area contributed by atoms with Gasteiger partial charge in [-0.2, -0.15) is 0 Å². The monoisotopic (exact) mass is 186 g/mol. The summed E-state index contributed by atoms with van der Waals surface area (Å²) in [6.45, 7) is 10.9. The molecule has 0 aromatic rings. The van der Waals surface area contributed by atoms with Crippen LogP contribution >= 0.6 is 0 Å². The van der Waals surface area contributed by atoms with Gasteiger partial charge in [0.25, 0.3) is 0 Å². The van der Waals surface area contributed by atoms with Gasteiger partial charge in [0.1, 0.15) is 0 Å². The van der Waals surface area contributed by atoms with Crippen molar-refractivity contribution in [1.29, 1.82) is 0 Å². The summed E-state index contributed by atoms with van der Waals surface area (Å²) in [6.07, 6.45) is 0. The Balaban J connectivity index is 2.54. The highest BCUT2D eigenvalue weighted by Crippen LogP contribution is 2.19. The molecule has 0 bridgehead atoms. The fraction of sp³-hybridized carbons (Fsp3) is 1.00. The molecule has 78 valence electrons. The van der Waals surface area contributed by atoms with Gasteiger partial charge in [-0.3, -0.25) is 4.90 Å². The normalized spacial score (nSPS) is 25.8. The molecule has 13 heavy (non-hydrogen) atoms. The van der Waals surface area contributed by atoms with Gasteiger partial charge in [-0.15, -0.1) is 0 Å². The van der Waals surface area contributed by atoms with Crippen molar-refractivity contribution < 1.29 is 4.74 Å². The van der Waals surface area contributed by atoms with E-state index in [1.807, 2.05) is 0 Å². The molecule has 0 saturated carbocycles. The van der Waals surface area contributed by atoms with E-state index in [4.69, 9.17) is 4.74 Å². The largest absolute Gasteiger partial charge is 0.383 e. The molecule has 0 aliphatic carbocycles. The lowest BCUT2D eigenvalue weighted by atomic mass is 9.98. The van der Waals surface area contributed by atoms with Crippen molar-refractivity contribution in [2.45, 2.75) is 32.4 Å². The minimum atomic E-state index is 0.260. The molecule has 0 radical (unpaired) electrons. The van der Waals surface area contributed by atoms with Crippen LogP contribution < -0.4 is 5.32 Å². The highest BCUT2D eigenvalue weighted by Gasteiger charge is 2.32. The first kappa shape index (κ1) is 11.0. The highest BCUT2D eigenvalue weighted by molar-refractivity contribution is 4.90. The van der Waals surface area contributed by atoms with E-state index < -0.39 is 0 Å². The second-order valence-electron chi connectivity index (χ2n) is 4.49. The first-order valence-corrected chi connectivity index (χ1v) is 5.04. The second-order valence-corrected chi connectivity index (χ2v) is 4.49. The maximum Gasteiger partial charge on any atom is 0.0615 e. The van der Waals surface area contributed by atoms with Crippen molar-refractivity contribution in [1.82, 2.24) is 10.2 Å². The summed E-state index contributed by atoms with van der Waals surface area (Å²) in [7, 11) is 1.77. The highest BCUT2D eigenvalue weighted by atomic mass is 16.5. The van der Waals surface area contributed by atoms with E-state index in [-0.39, 0.29) is 5.54 Å². The maximum absolute atomic E-state index is 5.19. The van der Waals surface area contributed by atoms with Gasteiger partial charge >= 0.3 is 0 Å². The molecule has 0 spiro atoms. The van der Waals surface area contributed by atoms with E-state index in [1.54, 1.807) is 7.11 Å². The quantitative estimate of drug-likeness (QED) is 0.702. The smallest absolute Gasteiger partial charge is 0.0615 e. The fourth-order valence-corrected chi connectivity index (χ4v) is 2.15. The minimum Gasteiger partial charge on any atom is -0.383 e. The first-order valence-electron chi connectivity index (χ1n) is 5.04. The van der Waals surface area contributed by atoms with Crippen molar-refractivity contribution in [2.75, 3.05) is 33.4 Å². The summed E-state index contributed by atoms with van der Waals surface area (Å²) in [5.41, 5.74) is 0.260. The number of nitrogens with one attached hydrogen (secondary N) is 1. The standard InChI is InChI=1S/C10H22N2O/c1-9(7-13-4)12-6-5-11-8-10(12,2)3/h9,11H,5-8H2,1-4H3. The summed E-state index contributed by atoms with van der Waals surface area (Å²) in [4.78, 5) is 2.52. The molecule has 0 amide bonds. The molecule has 3 nitrogen and oxygen atoms in total. The predicted molar refractivity (Wildman–Crippen MR) is 55.0 cm³/mol. The van der Waals surface area contributed by atoms with Crippen LogP contribution in [-0.4, -0.2) is 49.8 Å². The molecule has 3 heteroatoms. The van der Waals surface area contributed by atoms with Crippen molar-refractivity contribution in [3.8, 4) is 0 Å². The average molecular weight is 186 g/mol. The minimum absolute atomic E-state index is 0.260. The molecule has 1 N–H and O–H groups in total. The first-order chi connectivity index (χ1) is 6.08. The predicted octanol–water partition coefficient (Wildman–Crippen LogP) is 0.705. The van der Waals surface area contributed by atoms with Crippen LogP contribution in [0.3, 0.4) is 0 Å². The Bertz CT molecular complexity index is 159. The molecule has 1 aliphatic rings. The van der Waals surface area contributed by atoms with E-state index in [9.17, 15) is 0 Å². The Labute approximate surface area is 81.4 Å². The number of hydrogen-bond acceptors (Lipinski definition) is 3. The molecule has 0 aromatic carbocycles. The van der Waals surface area contributed by atoms with Crippen LogP contribution in [-0.2, 0) is 4.74 Å². The summed E-state index contributed by atoms with van der Waals surface area (Å²) >= 11 is 0. The maximum atomic E-state index is 5.19. The summed E-state index contributed by atoms with van der Waals surface area (Å²) in [5.74, 6) is 0. The third kappa shape index (κ3) is 2.66. The van der Waals surface area contributed by atoms with Crippen molar-refractivity contribution in [3.05, 3.63) is 0 Å². The van der Waals surface area contributed by atoms with E-state index in [0.717, 1.165) is 26.2 Å². The van der Waals surface area contributed by atoms with Gasteiger partial charge in [0, 0.05) is 38.3 Å². The van der Waals surface area contributed by atoms with Gasteiger partial charge in [-0.25, -0.2) is 0 Å². The number of rotatable bonds is 3. The lowest BCUT2D eigenvalue weighted by Crippen LogP contribution is -2.61. The molecule has 0 aromatic heterocycles. The molecule has 1 rings (SSSR count).